The Labute approximate surface area is 103 Å². The maximum atomic E-state index is 3.43. The van der Waals surface area contributed by atoms with Gasteiger partial charge in [0.25, 0.3) is 0 Å². The highest BCUT2D eigenvalue weighted by molar-refractivity contribution is 7.98. The van der Waals surface area contributed by atoms with Crippen molar-refractivity contribution in [1.82, 2.24) is 5.32 Å². The number of hydrogen-bond donors (Lipinski definition) is 1. The molecule has 1 aromatic rings. The van der Waals surface area contributed by atoms with Gasteiger partial charge in [0, 0.05) is 10.9 Å². The maximum absolute atomic E-state index is 3.43. The van der Waals surface area contributed by atoms with Crippen LogP contribution >= 0.6 is 11.8 Å². The molecule has 1 saturated carbocycles. The molecule has 1 unspecified atom stereocenters. The van der Waals surface area contributed by atoms with E-state index in [-0.39, 0.29) is 0 Å². The van der Waals surface area contributed by atoms with Gasteiger partial charge in [0.15, 0.2) is 0 Å². The lowest BCUT2D eigenvalue weighted by Crippen LogP contribution is -2.16. The number of rotatable bonds is 6. The zero-order chi connectivity index (χ0) is 11.4. The molecule has 0 bridgehead atoms. The Balaban J connectivity index is 1.94. The van der Waals surface area contributed by atoms with Crippen molar-refractivity contribution in [3.8, 4) is 0 Å². The van der Waals surface area contributed by atoms with Crippen LogP contribution in [0.5, 0.6) is 0 Å². The monoisotopic (exact) mass is 235 g/mol. The van der Waals surface area contributed by atoms with Gasteiger partial charge in [0.2, 0.25) is 0 Å². The first kappa shape index (κ1) is 12.0. The Kier molecular flexibility index (Phi) is 4.30. The van der Waals surface area contributed by atoms with Crippen molar-refractivity contribution in [2.45, 2.75) is 36.6 Å². The fourth-order valence-electron chi connectivity index (χ4n) is 2.12. The summed E-state index contributed by atoms with van der Waals surface area (Å²) in [5.41, 5.74) is 1.43. The predicted octanol–water partition coefficient (Wildman–Crippen LogP) is 3.86. The molecule has 0 heterocycles. The minimum atomic E-state index is 0.538. The van der Waals surface area contributed by atoms with Crippen molar-refractivity contribution in [2.75, 3.05) is 13.3 Å². The summed E-state index contributed by atoms with van der Waals surface area (Å²) in [6, 6.07) is 9.51. The highest BCUT2D eigenvalue weighted by Gasteiger charge is 2.22. The zero-order valence-corrected chi connectivity index (χ0v) is 11.0. The first-order valence-corrected chi connectivity index (χ1v) is 7.37. The minimum absolute atomic E-state index is 0.538. The third kappa shape index (κ3) is 3.26. The fraction of sp³-hybridized carbons (Fsp3) is 0.571. The third-order valence-electron chi connectivity index (χ3n) is 3.43. The molecule has 16 heavy (non-hydrogen) atoms. The summed E-state index contributed by atoms with van der Waals surface area (Å²) in [7, 11) is 2.07. The van der Waals surface area contributed by atoms with Gasteiger partial charge in [0.1, 0.15) is 0 Å². The second-order valence-electron chi connectivity index (χ2n) is 4.64. The van der Waals surface area contributed by atoms with Crippen molar-refractivity contribution < 1.29 is 0 Å². The van der Waals surface area contributed by atoms with Crippen molar-refractivity contribution >= 4 is 11.8 Å². The first-order valence-electron chi connectivity index (χ1n) is 6.14. The van der Waals surface area contributed by atoms with Gasteiger partial charge in [-0.25, -0.2) is 0 Å². The molecule has 1 fully saturated rings. The summed E-state index contributed by atoms with van der Waals surface area (Å²) in [5.74, 6) is 1.03. The normalized spacial score (nSPS) is 17.4. The van der Waals surface area contributed by atoms with Gasteiger partial charge in [-0.05, 0) is 49.8 Å². The smallest absolute Gasteiger partial charge is 0.0317 e. The SMILES string of the molecule is CNC(CCC1CC1)c1ccc(SC)cc1. The number of hydrogen-bond acceptors (Lipinski definition) is 2. The van der Waals surface area contributed by atoms with Crippen LogP contribution in [-0.2, 0) is 0 Å². The molecule has 0 aromatic heterocycles. The van der Waals surface area contributed by atoms with Crippen LogP contribution in [-0.4, -0.2) is 13.3 Å². The number of thioether (sulfide) groups is 1. The maximum Gasteiger partial charge on any atom is 0.0317 e. The van der Waals surface area contributed by atoms with Crippen LogP contribution in [0.2, 0.25) is 0 Å². The van der Waals surface area contributed by atoms with Gasteiger partial charge in [-0.3, -0.25) is 0 Å². The number of nitrogens with one attached hydrogen (secondary N) is 1. The molecule has 0 saturated heterocycles. The quantitative estimate of drug-likeness (QED) is 0.751. The van der Waals surface area contributed by atoms with Crippen LogP contribution < -0.4 is 5.32 Å². The molecule has 0 radical (unpaired) electrons. The van der Waals surface area contributed by atoms with Crippen LogP contribution in [0.15, 0.2) is 29.2 Å². The fourth-order valence-corrected chi connectivity index (χ4v) is 2.53. The van der Waals surface area contributed by atoms with E-state index in [1.165, 1.54) is 36.1 Å². The second-order valence-corrected chi connectivity index (χ2v) is 5.51. The topological polar surface area (TPSA) is 12.0 Å². The van der Waals surface area contributed by atoms with Gasteiger partial charge in [-0.1, -0.05) is 25.0 Å². The van der Waals surface area contributed by atoms with E-state index in [0.29, 0.717) is 6.04 Å². The van der Waals surface area contributed by atoms with Crippen LogP contribution in [0.4, 0.5) is 0 Å². The molecule has 1 aromatic carbocycles. The highest BCUT2D eigenvalue weighted by Crippen LogP contribution is 2.35. The van der Waals surface area contributed by atoms with Crippen LogP contribution in [0.3, 0.4) is 0 Å². The molecule has 1 atom stereocenters. The standard InChI is InChI=1S/C14H21NS/c1-15-14(10-5-11-3-4-11)12-6-8-13(16-2)9-7-12/h6-9,11,14-15H,3-5,10H2,1-2H3. The molecule has 0 amide bonds. The Morgan fingerprint density at radius 1 is 1.31 bits per heavy atom. The van der Waals surface area contributed by atoms with Crippen molar-refractivity contribution in [1.29, 1.82) is 0 Å². The molecule has 0 aliphatic heterocycles. The molecule has 2 rings (SSSR count). The summed E-state index contributed by atoms with van der Waals surface area (Å²) in [6.07, 6.45) is 7.71. The molecule has 2 heteroatoms. The van der Waals surface area contributed by atoms with E-state index >= 15 is 0 Å². The summed E-state index contributed by atoms with van der Waals surface area (Å²) in [6.45, 7) is 0. The first-order chi connectivity index (χ1) is 7.83. The summed E-state index contributed by atoms with van der Waals surface area (Å²) in [4.78, 5) is 1.35. The molecule has 1 N–H and O–H groups in total. The summed E-state index contributed by atoms with van der Waals surface area (Å²) in [5, 5.41) is 3.43. The molecular weight excluding hydrogens is 214 g/mol. The van der Waals surface area contributed by atoms with E-state index in [1.807, 2.05) is 0 Å². The lowest BCUT2D eigenvalue weighted by atomic mass is 10.0. The van der Waals surface area contributed by atoms with E-state index < -0.39 is 0 Å². The second kappa shape index (κ2) is 5.74. The van der Waals surface area contributed by atoms with Gasteiger partial charge in [-0.15, -0.1) is 11.8 Å². The van der Waals surface area contributed by atoms with E-state index in [9.17, 15) is 0 Å². The lowest BCUT2D eigenvalue weighted by molar-refractivity contribution is 0.506. The van der Waals surface area contributed by atoms with Gasteiger partial charge in [-0.2, -0.15) is 0 Å². The highest BCUT2D eigenvalue weighted by atomic mass is 32.2. The third-order valence-corrected chi connectivity index (χ3v) is 4.17. The Morgan fingerprint density at radius 3 is 2.50 bits per heavy atom. The average molecular weight is 235 g/mol. The molecule has 88 valence electrons. The number of benzene rings is 1. The van der Waals surface area contributed by atoms with Crippen molar-refractivity contribution in [2.24, 2.45) is 5.92 Å². The average Bonchev–Trinajstić information content (AvgIpc) is 3.15. The Morgan fingerprint density at radius 2 is 2.00 bits per heavy atom. The Bertz CT molecular complexity index is 316. The molecule has 1 aliphatic rings. The van der Waals surface area contributed by atoms with E-state index in [1.54, 1.807) is 11.8 Å². The van der Waals surface area contributed by atoms with Crippen LogP contribution in [0.25, 0.3) is 0 Å². The minimum Gasteiger partial charge on any atom is -0.313 e. The lowest BCUT2D eigenvalue weighted by Gasteiger charge is -2.16. The van der Waals surface area contributed by atoms with Crippen LogP contribution in [0.1, 0.15) is 37.3 Å². The van der Waals surface area contributed by atoms with Gasteiger partial charge < -0.3 is 5.32 Å². The molecule has 1 nitrogen and oxygen atoms in total. The largest absolute Gasteiger partial charge is 0.313 e. The van der Waals surface area contributed by atoms with Gasteiger partial charge in [0.05, 0.1) is 0 Å². The van der Waals surface area contributed by atoms with E-state index in [0.717, 1.165) is 5.92 Å². The zero-order valence-electron chi connectivity index (χ0n) is 10.2. The molecule has 0 spiro atoms. The molecule has 1 aliphatic carbocycles. The predicted molar refractivity (Wildman–Crippen MR) is 72.0 cm³/mol. The molecular formula is C14H21NS. The Hall–Kier alpha value is -0.470. The van der Waals surface area contributed by atoms with Crippen LogP contribution in [0, 0.1) is 5.92 Å². The van der Waals surface area contributed by atoms with Crippen molar-refractivity contribution in [3.05, 3.63) is 29.8 Å². The van der Waals surface area contributed by atoms with E-state index in [4.69, 9.17) is 0 Å². The van der Waals surface area contributed by atoms with E-state index in [2.05, 4.69) is 42.9 Å². The summed E-state index contributed by atoms with van der Waals surface area (Å²) < 4.78 is 0. The summed E-state index contributed by atoms with van der Waals surface area (Å²) >= 11 is 1.80. The van der Waals surface area contributed by atoms with Crippen molar-refractivity contribution in [3.63, 3.8) is 0 Å². The van der Waals surface area contributed by atoms with Gasteiger partial charge >= 0.3 is 0 Å².